The van der Waals surface area contributed by atoms with Gasteiger partial charge in [-0.1, -0.05) is 73.3 Å². The van der Waals surface area contributed by atoms with E-state index < -0.39 is 0 Å². The number of thiazole rings is 1. The Hall–Kier alpha value is -3.25. The van der Waals surface area contributed by atoms with Gasteiger partial charge >= 0.3 is 0 Å². The molecule has 33 heavy (non-hydrogen) atoms. The van der Waals surface area contributed by atoms with Crippen molar-refractivity contribution in [1.29, 1.82) is 0 Å². The second-order valence-electron chi connectivity index (χ2n) is 9.07. The van der Waals surface area contributed by atoms with Gasteiger partial charge in [0.2, 0.25) is 0 Å². The SMILES string of the molecule is Bc1ccc2c(c1)C(=O)/C(=C\c1cc3sc(-c4ccccc4)nc3n1C1CCCCC1)C2=O. The van der Waals surface area contributed by atoms with E-state index in [1.54, 1.807) is 17.4 Å². The van der Waals surface area contributed by atoms with Crippen molar-refractivity contribution < 1.29 is 9.59 Å². The summed E-state index contributed by atoms with van der Waals surface area (Å²) in [5, 5.41) is 1.00. The minimum atomic E-state index is -0.173. The number of allylic oxidation sites excluding steroid dienone is 1. The highest BCUT2D eigenvalue weighted by Gasteiger charge is 2.34. The Kier molecular flexibility index (Phi) is 4.91. The topological polar surface area (TPSA) is 52.0 Å². The molecule has 0 N–H and O–H groups in total. The largest absolute Gasteiger partial charge is 0.322 e. The molecule has 2 aliphatic carbocycles. The van der Waals surface area contributed by atoms with Crippen LogP contribution in [-0.2, 0) is 0 Å². The van der Waals surface area contributed by atoms with Crippen LogP contribution in [0.4, 0.5) is 0 Å². The third-order valence-corrected chi connectivity index (χ3v) is 7.87. The molecule has 2 heterocycles. The summed E-state index contributed by atoms with van der Waals surface area (Å²) in [7, 11) is 1.94. The summed E-state index contributed by atoms with van der Waals surface area (Å²) in [4.78, 5) is 31.2. The fourth-order valence-electron chi connectivity index (χ4n) is 5.17. The van der Waals surface area contributed by atoms with Gasteiger partial charge in [0.1, 0.15) is 12.9 Å². The van der Waals surface area contributed by atoms with E-state index in [1.807, 2.05) is 44.3 Å². The summed E-state index contributed by atoms with van der Waals surface area (Å²) < 4.78 is 3.39. The van der Waals surface area contributed by atoms with Gasteiger partial charge in [0.05, 0.1) is 10.3 Å². The number of benzene rings is 2. The molecule has 2 aromatic carbocycles. The van der Waals surface area contributed by atoms with Crippen molar-refractivity contribution >= 4 is 52.6 Å². The van der Waals surface area contributed by atoms with E-state index in [0.29, 0.717) is 17.2 Å². The van der Waals surface area contributed by atoms with Crippen LogP contribution in [0.1, 0.15) is 64.6 Å². The van der Waals surface area contributed by atoms with Crippen LogP contribution in [0.3, 0.4) is 0 Å². The number of rotatable bonds is 3. The van der Waals surface area contributed by atoms with E-state index in [1.165, 1.54) is 19.3 Å². The standard InChI is InChI=1S/C27H23BN2O2S/c28-17-11-12-20-21(13-17)25(32)22(24(20)31)14-19-15-23-26(30(19)18-9-5-2-6-10-18)29-27(33-23)16-7-3-1-4-8-16/h1,3-4,7-8,11-15,18H,2,5-6,9-10,28H2/b22-14-. The van der Waals surface area contributed by atoms with Gasteiger partial charge in [0.25, 0.3) is 0 Å². The summed E-state index contributed by atoms with van der Waals surface area (Å²) in [6.45, 7) is 0. The summed E-state index contributed by atoms with van der Waals surface area (Å²) in [5.74, 6) is -0.343. The van der Waals surface area contributed by atoms with Crippen LogP contribution >= 0.6 is 11.3 Å². The number of hydrogen-bond donors (Lipinski definition) is 0. The van der Waals surface area contributed by atoms with Crippen molar-refractivity contribution in [3.63, 3.8) is 0 Å². The molecule has 0 saturated heterocycles. The molecule has 6 rings (SSSR count). The molecule has 2 aliphatic rings. The van der Waals surface area contributed by atoms with Crippen LogP contribution in [0, 0.1) is 0 Å². The zero-order valence-corrected chi connectivity index (χ0v) is 19.3. The molecule has 6 heteroatoms. The van der Waals surface area contributed by atoms with E-state index in [4.69, 9.17) is 4.98 Å². The summed E-state index contributed by atoms with van der Waals surface area (Å²) in [5.41, 5.74) is 5.27. The first kappa shape index (κ1) is 20.4. The Morgan fingerprint density at radius 2 is 1.70 bits per heavy atom. The van der Waals surface area contributed by atoms with Gasteiger partial charge in [-0.15, -0.1) is 11.3 Å². The van der Waals surface area contributed by atoms with Crippen molar-refractivity contribution in [2.75, 3.05) is 0 Å². The summed E-state index contributed by atoms with van der Waals surface area (Å²) >= 11 is 1.67. The van der Waals surface area contributed by atoms with Crippen molar-refractivity contribution in [3.8, 4) is 10.6 Å². The molecular weight excluding hydrogens is 427 g/mol. The summed E-state index contributed by atoms with van der Waals surface area (Å²) in [6, 6.07) is 18.2. The van der Waals surface area contributed by atoms with Crippen LogP contribution in [0.15, 0.2) is 60.2 Å². The molecule has 162 valence electrons. The average molecular weight is 450 g/mol. The first-order valence-electron chi connectivity index (χ1n) is 11.6. The zero-order valence-electron chi connectivity index (χ0n) is 18.5. The molecule has 0 radical (unpaired) electrons. The van der Waals surface area contributed by atoms with Crippen molar-refractivity contribution in [2.45, 2.75) is 38.1 Å². The lowest BCUT2D eigenvalue weighted by Crippen LogP contribution is -2.14. The fraction of sp³-hybridized carbons (Fsp3) is 0.222. The molecule has 4 nitrogen and oxygen atoms in total. The molecular formula is C27H23BN2O2S. The fourth-order valence-corrected chi connectivity index (χ4v) is 6.18. The predicted molar refractivity (Wildman–Crippen MR) is 136 cm³/mol. The molecule has 4 aromatic rings. The van der Waals surface area contributed by atoms with Crippen LogP contribution in [0.2, 0.25) is 0 Å². The van der Waals surface area contributed by atoms with E-state index in [2.05, 4.69) is 22.8 Å². The molecule has 1 fully saturated rings. The highest BCUT2D eigenvalue weighted by Crippen LogP contribution is 2.39. The van der Waals surface area contributed by atoms with E-state index in [0.717, 1.165) is 44.9 Å². The lowest BCUT2D eigenvalue weighted by Gasteiger charge is -2.25. The van der Waals surface area contributed by atoms with Gasteiger partial charge in [0, 0.05) is 28.4 Å². The smallest absolute Gasteiger partial charge is 0.197 e. The molecule has 0 amide bonds. The number of ketones is 2. The van der Waals surface area contributed by atoms with Crippen LogP contribution in [0.25, 0.3) is 27.0 Å². The maximum atomic E-state index is 13.1. The number of carbonyl (C=O) groups is 2. The minimum absolute atomic E-state index is 0.170. The number of fused-ring (bicyclic) bond motifs is 2. The Bertz CT molecular complexity index is 1440. The van der Waals surface area contributed by atoms with E-state index in [-0.39, 0.29) is 17.1 Å². The predicted octanol–water partition coefficient (Wildman–Crippen LogP) is 4.99. The van der Waals surface area contributed by atoms with Crippen LogP contribution in [0.5, 0.6) is 0 Å². The minimum Gasteiger partial charge on any atom is -0.322 e. The monoisotopic (exact) mass is 450 g/mol. The Balaban J connectivity index is 1.49. The first-order chi connectivity index (χ1) is 16.1. The zero-order chi connectivity index (χ0) is 22.5. The number of Topliss-reactive ketones (excluding diaryl/α,β-unsaturated/α-hetero) is 2. The highest BCUT2D eigenvalue weighted by atomic mass is 32.1. The van der Waals surface area contributed by atoms with Crippen LogP contribution < -0.4 is 5.46 Å². The highest BCUT2D eigenvalue weighted by molar-refractivity contribution is 7.21. The lowest BCUT2D eigenvalue weighted by molar-refractivity contribution is 0.0990. The van der Waals surface area contributed by atoms with Gasteiger partial charge in [-0.2, -0.15) is 0 Å². The molecule has 0 spiro atoms. The molecule has 1 saturated carbocycles. The van der Waals surface area contributed by atoms with Crippen LogP contribution in [-0.4, -0.2) is 29.0 Å². The second-order valence-corrected chi connectivity index (χ2v) is 10.1. The van der Waals surface area contributed by atoms with Crippen molar-refractivity contribution in [3.05, 3.63) is 77.0 Å². The second kappa shape index (κ2) is 7.96. The van der Waals surface area contributed by atoms with Gasteiger partial charge in [-0.3, -0.25) is 9.59 Å². The molecule has 0 atom stereocenters. The van der Waals surface area contributed by atoms with Gasteiger partial charge < -0.3 is 4.57 Å². The molecule has 0 aliphatic heterocycles. The Morgan fingerprint density at radius 1 is 0.939 bits per heavy atom. The van der Waals surface area contributed by atoms with Crippen molar-refractivity contribution in [1.82, 2.24) is 9.55 Å². The Morgan fingerprint density at radius 3 is 2.48 bits per heavy atom. The van der Waals surface area contributed by atoms with E-state index in [9.17, 15) is 9.59 Å². The average Bonchev–Trinajstić information content (AvgIpc) is 3.46. The molecule has 0 unspecified atom stereocenters. The van der Waals surface area contributed by atoms with E-state index >= 15 is 0 Å². The number of aromatic nitrogens is 2. The van der Waals surface area contributed by atoms with Gasteiger partial charge in [-0.05, 0) is 25.0 Å². The maximum Gasteiger partial charge on any atom is 0.197 e. The number of carbonyl (C=O) groups excluding carboxylic acids is 2. The maximum absolute atomic E-state index is 13.1. The first-order valence-corrected chi connectivity index (χ1v) is 12.4. The third-order valence-electron chi connectivity index (χ3n) is 6.83. The third kappa shape index (κ3) is 3.40. The summed E-state index contributed by atoms with van der Waals surface area (Å²) in [6.07, 6.45) is 7.65. The van der Waals surface area contributed by atoms with Crippen molar-refractivity contribution in [2.24, 2.45) is 0 Å². The molecule has 0 bridgehead atoms. The quantitative estimate of drug-likeness (QED) is 0.251. The number of nitrogens with zero attached hydrogens (tertiary/aromatic N) is 2. The van der Waals surface area contributed by atoms with Gasteiger partial charge in [-0.25, -0.2) is 4.98 Å². The molecule has 2 aromatic heterocycles. The van der Waals surface area contributed by atoms with Gasteiger partial charge in [0.15, 0.2) is 17.2 Å². The Labute approximate surface area is 197 Å². The lowest BCUT2D eigenvalue weighted by atomic mass is 9.92. The normalized spacial score (nSPS) is 17.9. The number of hydrogen-bond acceptors (Lipinski definition) is 4.